The van der Waals surface area contributed by atoms with E-state index in [-0.39, 0.29) is 0 Å². The van der Waals surface area contributed by atoms with Crippen molar-refractivity contribution in [2.75, 3.05) is 0 Å². The second kappa shape index (κ2) is 6.84. The topological polar surface area (TPSA) is 38.7 Å². The molecule has 0 saturated heterocycles. The highest BCUT2D eigenvalue weighted by Crippen LogP contribution is 2.24. The van der Waals surface area contributed by atoms with Gasteiger partial charge in [-0.3, -0.25) is 0 Å². The van der Waals surface area contributed by atoms with Gasteiger partial charge in [-0.1, -0.05) is 39.5 Å². The van der Waals surface area contributed by atoms with Gasteiger partial charge in [-0.2, -0.15) is 5.10 Å². The first-order chi connectivity index (χ1) is 7.74. The molecule has 0 aliphatic rings. The van der Waals surface area contributed by atoms with E-state index < -0.39 is 0 Å². The molecule has 0 fully saturated rings. The average Bonchev–Trinajstić information content (AvgIpc) is 2.35. The van der Waals surface area contributed by atoms with Crippen molar-refractivity contribution in [2.24, 2.45) is 0 Å². The van der Waals surface area contributed by atoms with Crippen LogP contribution in [-0.2, 0) is 12.8 Å². The van der Waals surface area contributed by atoms with Crippen molar-refractivity contribution in [1.82, 2.24) is 15.2 Å². The van der Waals surface area contributed by atoms with E-state index in [1.54, 1.807) is 11.8 Å². The third-order valence-electron chi connectivity index (χ3n) is 2.67. The molecule has 16 heavy (non-hydrogen) atoms. The Morgan fingerprint density at radius 1 is 0.938 bits per heavy atom. The standard InChI is InChI=1S/C12H21N3S/c1-5-9(6-2)16-12-13-10(7-3)11(8-4)14-15-12/h9H,5-8H2,1-4H3. The summed E-state index contributed by atoms with van der Waals surface area (Å²) >= 11 is 1.75. The predicted molar refractivity (Wildman–Crippen MR) is 68.8 cm³/mol. The molecule has 0 aromatic carbocycles. The van der Waals surface area contributed by atoms with Crippen molar-refractivity contribution in [3.8, 4) is 0 Å². The Hall–Kier alpha value is -0.640. The van der Waals surface area contributed by atoms with Crippen molar-refractivity contribution in [3.63, 3.8) is 0 Å². The summed E-state index contributed by atoms with van der Waals surface area (Å²) in [4.78, 5) is 4.59. The van der Waals surface area contributed by atoms with E-state index in [1.807, 2.05) is 0 Å². The predicted octanol–water partition coefficient (Wildman–Crippen LogP) is 3.28. The van der Waals surface area contributed by atoms with Crippen LogP contribution in [0.15, 0.2) is 5.16 Å². The Morgan fingerprint density at radius 2 is 1.56 bits per heavy atom. The minimum Gasteiger partial charge on any atom is -0.224 e. The van der Waals surface area contributed by atoms with E-state index in [2.05, 4.69) is 42.9 Å². The molecule has 0 atom stereocenters. The number of thioether (sulfide) groups is 1. The van der Waals surface area contributed by atoms with E-state index in [1.165, 1.54) is 0 Å². The number of aryl methyl sites for hydroxylation is 2. The average molecular weight is 239 g/mol. The first-order valence-electron chi connectivity index (χ1n) is 6.14. The van der Waals surface area contributed by atoms with Crippen LogP contribution in [0.1, 0.15) is 51.9 Å². The number of hydrogen-bond donors (Lipinski definition) is 0. The molecule has 4 heteroatoms. The van der Waals surface area contributed by atoms with E-state index in [9.17, 15) is 0 Å². The fraction of sp³-hybridized carbons (Fsp3) is 0.750. The van der Waals surface area contributed by atoms with Crippen molar-refractivity contribution >= 4 is 11.8 Å². The Balaban J connectivity index is 2.82. The quantitative estimate of drug-likeness (QED) is 0.714. The van der Waals surface area contributed by atoms with Crippen LogP contribution in [0, 0.1) is 0 Å². The van der Waals surface area contributed by atoms with Crippen molar-refractivity contribution < 1.29 is 0 Å². The summed E-state index contributed by atoms with van der Waals surface area (Å²) in [5.41, 5.74) is 2.14. The number of aromatic nitrogens is 3. The van der Waals surface area contributed by atoms with Crippen LogP contribution in [0.5, 0.6) is 0 Å². The van der Waals surface area contributed by atoms with E-state index in [0.717, 1.165) is 42.2 Å². The number of nitrogens with zero attached hydrogens (tertiary/aromatic N) is 3. The molecule has 0 radical (unpaired) electrons. The normalized spacial score (nSPS) is 11.1. The SMILES string of the molecule is CCc1nnc(SC(CC)CC)nc1CC. The van der Waals surface area contributed by atoms with E-state index in [4.69, 9.17) is 0 Å². The van der Waals surface area contributed by atoms with E-state index >= 15 is 0 Å². The molecule has 1 heterocycles. The summed E-state index contributed by atoms with van der Waals surface area (Å²) in [5.74, 6) is 0. The van der Waals surface area contributed by atoms with Crippen LogP contribution in [0.25, 0.3) is 0 Å². The third-order valence-corrected chi connectivity index (χ3v) is 4.06. The van der Waals surface area contributed by atoms with Gasteiger partial charge in [0.05, 0.1) is 11.4 Å². The van der Waals surface area contributed by atoms with Crippen LogP contribution in [0.2, 0.25) is 0 Å². The summed E-state index contributed by atoms with van der Waals surface area (Å²) in [5, 5.41) is 9.90. The third kappa shape index (κ3) is 3.44. The van der Waals surface area contributed by atoms with Gasteiger partial charge in [0, 0.05) is 5.25 Å². The summed E-state index contributed by atoms with van der Waals surface area (Å²) in [6, 6.07) is 0. The van der Waals surface area contributed by atoms with Crippen LogP contribution in [-0.4, -0.2) is 20.4 Å². The smallest absolute Gasteiger partial charge is 0.209 e. The van der Waals surface area contributed by atoms with Gasteiger partial charge in [-0.25, -0.2) is 4.98 Å². The number of rotatable bonds is 6. The maximum atomic E-state index is 4.59. The van der Waals surface area contributed by atoms with Gasteiger partial charge in [0.1, 0.15) is 0 Å². The molecule has 1 rings (SSSR count). The lowest BCUT2D eigenvalue weighted by Crippen LogP contribution is -2.06. The molecular weight excluding hydrogens is 218 g/mol. The molecule has 0 aliphatic heterocycles. The molecular formula is C12H21N3S. The highest BCUT2D eigenvalue weighted by molar-refractivity contribution is 7.99. The first kappa shape index (κ1) is 13.4. The number of hydrogen-bond acceptors (Lipinski definition) is 4. The Labute approximate surface area is 102 Å². The van der Waals surface area contributed by atoms with Gasteiger partial charge in [0.25, 0.3) is 0 Å². The molecule has 0 bridgehead atoms. The fourth-order valence-corrected chi connectivity index (χ4v) is 2.46. The van der Waals surface area contributed by atoms with Crippen molar-refractivity contribution in [2.45, 2.75) is 63.8 Å². The van der Waals surface area contributed by atoms with Gasteiger partial charge in [0.2, 0.25) is 5.16 Å². The molecule has 0 amide bonds. The summed E-state index contributed by atoms with van der Waals surface area (Å²) < 4.78 is 0. The second-order valence-electron chi connectivity index (χ2n) is 3.75. The van der Waals surface area contributed by atoms with Crippen LogP contribution >= 0.6 is 11.8 Å². The minimum atomic E-state index is 0.610. The van der Waals surface area contributed by atoms with E-state index in [0.29, 0.717) is 5.25 Å². The van der Waals surface area contributed by atoms with Crippen LogP contribution in [0.4, 0.5) is 0 Å². The van der Waals surface area contributed by atoms with Crippen molar-refractivity contribution in [1.29, 1.82) is 0 Å². The molecule has 1 aromatic rings. The molecule has 90 valence electrons. The molecule has 1 aromatic heterocycles. The molecule has 0 aliphatic carbocycles. The molecule has 0 unspecified atom stereocenters. The van der Waals surface area contributed by atoms with Crippen LogP contribution in [0.3, 0.4) is 0 Å². The first-order valence-corrected chi connectivity index (χ1v) is 7.02. The van der Waals surface area contributed by atoms with Crippen molar-refractivity contribution in [3.05, 3.63) is 11.4 Å². The maximum Gasteiger partial charge on any atom is 0.209 e. The molecule has 0 saturated carbocycles. The van der Waals surface area contributed by atoms with Gasteiger partial charge >= 0.3 is 0 Å². The minimum absolute atomic E-state index is 0.610. The summed E-state index contributed by atoms with van der Waals surface area (Å²) in [7, 11) is 0. The lowest BCUT2D eigenvalue weighted by atomic mass is 10.2. The highest BCUT2D eigenvalue weighted by Gasteiger charge is 2.11. The van der Waals surface area contributed by atoms with Gasteiger partial charge in [-0.15, -0.1) is 5.10 Å². The largest absolute Gasteiger partial charge is 0.224 e. The lowest BCUT2D eigenvalue weighted by Gasteiger charge is -2.11. The Bertz CT molecular complexity index is 324. The fourth-order valence-electron chi connectivity index (χ4n) is 1.58. The lowest BCUT2D eigenvalue weighted by molar-refractivity contribution is 0.731. The molecule has 0 N–H and O–H groups in total. The van der Waals surface area contributed by atoms with Gasteiger partial charge in [-0.05, 0) is 25.7 Å². The second-order valence-corrected chi connectivity index (χ2v) is 5.02. The summed E-state index contributed by atoms with van der Waals surface area (Å²) in [6.45, 7) is 8.62. The zero-order valence-corrected chi connectivity index (χ0v) is 11.5. The van der Waals surface area contributed by atoms with Crippen LogP contribution < -0.4 is 0 Å². The zero-order valence-electron chi connectivity index (χ0n) is 10.7. The monoisotopic (exact) mass is 239 g/mol. The summed E-state index contributed by atoms with van der Waals surface area (Å²) in [6.07, 6.45) is 4.16. The Kier molecular flexibility index (Phi) is 5.74. The molecule has 0 spiro atoms. The highest BCUT2D eigenvalue weighted by atomic mass is 32.2. The van der Waals surface area contributed by atoms with Gasteiger partial charge in [0.15, 0.2) is 0 Å². The molecule has 3 nitrogen and oxygen atoms in total. The maximum absolute atomic E-state index is 4.59. The van der Waals surface area contributed by atoms with Gasteiger partial charge < -0.3 is 0 Å². The Morgan fingerprint density at radius 3 is 2.06 bits per heavy atom. The zero-order chi connectivity index (χ0) is 12.0.